The zero-order valence-corrected chi connectivity index (χ0v) is 6.61. The van der Waals surface area contributed by atoms with E-state index in [9.17, 15) is 9.59 Å². The average molecular weight is 171 g/mol. The van der Waals surface area contributed by atoms with Crippen molar-refractivity contribution in [2.45, 2.75) is 25.9 Å². The van der Waals surface area contributed by atoms with Crippen LogP contribution in [0.3, 0.4) is 0 Å². The number of hydrogen-bond acceptors (Lipinski definition) is 4. The zero-order chi connectivity index (χ0) is 9.56. The Morgan fingerprint density at radius 3 is 2.58 bits per heavy atom. The predicted molar refractivity (Wildman–Crippen MR) is 38.0 cm³/mol. The van der Waals surface area contributed by atoms with Crippen LogP contribution in [0.4, 0.5) is 0 Å². The average Bonchev–Trinajstić information content (AvgIpc) is 1.84. The number of carbonyl (C=O) groups excluding carboxylic acids is 1. The number of esters is 1. The summed E-state index contributed by atoms with van der Waals surface area (Å²) in [5.74, 6) is -1.66. The van der Waals surface area contributed by atoms with Crippen molar-refractivity contribution in [3.05, 3.63) is 0 Å². The highest BCUT2D eigenvalue weighted by Crippen LogP contribution is 2.03. The van der Waals surface area contributed by atoms with Gasteiger partial charge in [-0.25, -0.2) is 0 Å². The molecule has 0 aliphatic heterocycles. The Morgan fingerprint density at radius 1 is 1.67 bits per heavy atom. The molecule has 0 radical (unpaired) electrons. The molecule has 0 saturated carbocycles. The third kappa shape index (κ3) is 5.23. The molecule has 0 saturated heterocycles. The van der Waals surface area contributed by atoms with Gasteiger partial charge in [-0.3, -0.25) is 9.59 Å². The van der Waals surface area contributed by atoms with Crippen LogP contribution in [-0.2, 0) is 14.3 Å². The maximum absolute atomic E-state index is 10.4. The first kappa shape index (κ1) is 10.4. The van der Waals surface area contributed by atoms with Crippen molar-refractivity contribution in [1.82, 2.24) is 0 Å². The van der Waals surface area contributed by atoms with Crippen LogP contribution in [0.25, 0.3) is 0 Å². The fraction of sp³-hybridized carbons (Fsp3) is 0.571. The van der Waals surface area contributed by atoms with Crippen LogP contribution >= 0.6 is 0 Å². The minimum atomic E-state index is -1.09. The predicted octanol–water partition coefficient (Wildman–Crippen LogP) is 0.306. The second kappa shape index (κ2) is 5.13. The molecule has 0 amide bonds. The summed E-state index contributed by atoms with van der Waals surface area (Å²) in [5, 5.41) is 16.6. The lowest BCUT2D eigenvalue weighted by Gasteiger charge is -2.10. The highest BCUT2D eigenvalue weighted by molar-refractivity contribution is 5.69. The van der Waals surface area contributed by atoms with Gasteiger partial charge in [0.15, 0.2) is 0 Å². The largest absolute Gasteiger partial charge is 0.481 e. The van der Waals surface area contributed by atoms with Gasteiger partial charge in [0.25, 0.3) is 0 Å². The molecule has 0 fully saturated rings. The highest BCUT2D eigenvalue weighted by Gasteiger charge is 2.15. The van der Waals surface area contributed by atoms with Crippen molar-refractivity contribution >= 4 is 11.9 Å². The Labute approximate surface area is 69.6 Å². The van der Waals surface area contributed by atoms with Crippen molar-refractivity contribution in [2.24, 2.45) is 0 Å². The van der Waals surface area contributed by atoms with E-state index in [1.165, 1.54) is 6.92 Å². The van der Waals surface area contributed by atoms with E-state index >= 15 is 0 Å². The normalized spacial score (nSPS) is 11.3. The van der Waals surface area contributed by atoms with Crippen LogP contribution in [0.5, 0.6) is 0 Å². The minimum absolute atomic E-state index is 0.0914. The van der Waals surface area contributed by atoms with Gasteiger partial charge in [-0.15, -0.1) is 0 Å². The molecule has 0 aromatic heterocycles. The summed E-state index contributed by atoms with van der Waals surface area (Å²) in [4.78, 5) is 20.6. The molecule has 1 atom stereocenters. The van der Waals surface area contributed by atoms with Crippen molar-refractivity contribution in [3.8, 4) is 6.07 Å². The van der Waals surface area contributed by atoms with Gasteiger partial charge in [-0.1, -0.05) is 0 Å². The number of hydrogen-bond donors (Lipinski definition) is 1. The molecule has 1 unspecified atom stereocenters. The van der Waals surface area contributed by atoms with Gasteiger partial charge in [0, 0.05) is 6.92 Å². The Bertz CT molecular complexity index is 202. The Kier molecular flexibility index (Phi) is 4.46. The van der Waals surface area contributed by atoms with Crippen molar-refractivity contribution in [3.63, 3.8) is 0 Å². The zero-order valence-electron chi connectivity index (χ0n) is 6.61. The molecule has 0 rings (SSSR count). The monoisotopic (exact) mass is 171 g/mol. The van der Waals surface area contributed by atoms with Gasteiger partial charge in [0.05, 0.1) is 18.9 Å². The van der Waals surface area contributed by atoms with Gasteiger partial charge < -0.3 is 9.84 Å². The van der Waals surface area contributed by atoms with E-state index in [1.807, 2.05) is 0 Å². The summed E-state index contributed by atoms with van der Waals surface area (Å²) >= 11 is 0. The lowest BCUT2D eigenvalue weighted by Crippen LogP contribution is -2.19. The summed E-state index contributed by atoms with van der Waals surface area (Å²) in [7, 11) is 0. The molecule has 0 aliphatic rings. The van der Waals surface area contributed by atoms with E-state index in [0.29, 0.717) is 0 Å². The fourth-order valence-electron chi connectivity index (χ4n) is 0.687. The van der Waals surface area contributed by atoms with Gasteiger partial charge in [0.2, 0.25) is 0 Å². The van der Waals surface area contributed by atoms with Crippen molar-refractivity contribution < 1.29 is 19.4 Å². The van der Waals surface area contributed by atoms with Crippen LogP contribution in [-0.4, -0.2) is 23.1 Å². The minimum Gasteiger partial charge on any atom is -0.481 e. The molecule has 0 bridgehead atoms. The summed E-state index contributed by atoms with van der Waals surface area (Å²) < 4.78 is 4.56. The molecule has 66 valence electrons. The summed E-state index contributed by atoms with van der Waals surface area (Å²) in [6.07, 6.45) is -1.25. The number of carboxylic acids is 1. The third-order valence-corrected chi connectivity index (χ3v) is 1.05. The third-order valence-electron chi connectivity index (χ3n) is 1.05. The number of nitrogens with zero attached hydrogens (tertiary/aromatic N) is 1. The molecular weight excluding hydrogens is 162 g/mol. The first-order chi connectivity index (χ1) is 5.56. The maximum atomic E-state index is 10.4. The first-order valence-corrected chi connectivity index (χ1v) is 3.32. The van der Waals surface area contributed by atoms with Crippen molar-refractivity contribution in [1.29, 1.82) is 5.26 Å². The fourth-order valence-corrected chi connectivity index (χ4v) is 0.687. The molecule has 0 spiro atoms. The number of aliphatic carboxylic acids is 1. The quantitative estimate of drug-likeness (QED) is 0.615. The van der Waals surface area contributed by atoms with E-state index in [4.69, 9.17) is 10.4 Å². The van der Waals surface area contributed by atoms with E-state index in [0.717, 1.165) is 0 Å². The smallest absolute Gasteiger partial charge is 0.307 e. The van der Waals surface area contributed by atoms with E-state index in [-0.39, 0.29) is 12.8 Å². The molecule has 0 heterocycles. The Hall–Kier alpha value is -1.57. The van der Waals surface area contributed by atoms with Crippen molar-refractivity contribution in [2.75, 3.05) is 0 Å². The van der Waals surface area contributed by atoms with Gasteiger partial charge in [-0.05, 0) is 0 Å². The van der Waals surface area contributed by atoms with E-state index in [1.54, 1.807) is 6.07 Å². The number of carboxylic acid groups (broad SMARTS) is 1. The summed E-state index contributed by atoms with van der Waals surface area (Å²) in [6.45, 7) is 1.17. The molecule has 12 heavy (non-hydrogen) atoms. The van der Waals surface area contributed by atoms with Crippen LogP contribution < -0.4 is 0 Å². The molecule has 0 aliphatic carbocycles. The Balaban J connectivity index is 3.96. The van der Waals surface area contributed by atoms with E-state index < -0.39 is 18.0 Å². The van der Waals surface area contributed by atoms with Gasteiger partial charge in [0.1, 0.15) is 6.10 Å². The van der Waals surface area contributed by atoms with E-state index in [2.05, 4.69) is 4.74 Å². The number of nitriles is 1. The topological polar surface area (TPSA) is 87.4 Å². The van der Waals surface area contributed by atoms with Crippen LogP contribution in [0.15, 0.2) is 0 Å². The molecule has 0 aromatic rings. The molecular formula is C7H9NO4. The molecule has 5 nitrogen and oxygen atoms in total. The molecule has 0 aromatic carbocycles. The number of rotatable bonds is 4. The lowest BCUT2D eigenvalue weighted by molar-refractivity contribution is -0.150. The second-order valence-electron chi connectivity index (χ2n) is 2.19. The summed E-state index contributed by atoms with van der Waals surface area (Å²) in [6, 6.07) is 1.74. The number of carbonyl (C=O) groups is 2. The van der Waals surface area contributed by atoms with Crippen LogP contribution in [0, 0.1) is 11.3 Å². The van der Waals surface area contributed by atoms with Crippen LogP contribution in [0.2, 0.25) is 0 Å². The standard InChI is InChI=1S/C7H9NO4/c1-5(9)12-6(2-3-8)4-7(10)11/h6H,2,4H2,1H3,(H,10,11). The SMILES string of the molecule is CC(=O)OC(CC#N)CC(=O)O. The van der Waals surface area contributed by atoms with Gasteiger partial charge in [-0.2, -0.15) is 5.26 Å². The highest BCUT2D eigenvalue weighted by atomic mass is 16.5. The molecule has 1 N–H and O–H groups in total. The van der Waals surface area contributed by atoms with Crippen LogP contribution in [0.1, 0.15) is 19.8 Å². The maximum Gasteiger partial charge on any atom is 0.307 e. The first-order valence-electron chi connectivity index (χ1n) is 3.32. The lowest BCUT2D eigenvalue weighted by atomic mass is 10.2. The van der Waals surface area contributed by atoms with Gasteiger partial charge >= 0.3 is 11.9 Å². The Morgan fingerprint density at radius 2 is 2.25 bits per heavy atom. The molecule has 5 heteroatoms. The summed E-state index contributed by atoms with van der Waals surface area (Å²) in [5.41, 5.74) is 0. The number of ether oxygens (including phenoxy) is 1. The second-order valence-corrected chi connectivity index (χ2v) is 2.19.